The van der Waals surface area contributed by atoms with Crippen LogP contribution in [0, 0.1) is 80.8 Å². The lowest BCUT2D eigenvalue weighted by Gasteiger charge is -2.62. The summed E-state index contributed by atoms with van der Waals surface area (Å²) < 4.78 is 1.77. The highest BCUT2D eigenvalue weighted by Crippen LogP contribution is 2.70. The Morgan fingerprint density at radius 1 is 0.685 bits per heavy atom. The van der Waals surface area contributed by atoms with Gasteiger partial charge in [-0.1, -0.05) is 37.2 Å². The molecule has 0 saturated heterocycles. The van der Waals surface area contributed by atoms with Gasteiger partial charge >= 0.3 is 0 Å². The van der Waals surface area contributed by atoms with Crippen molar-refractivity contribution in [2.75, 3.05) is 18.5 Å². The number of aromatic amines is 1. The maximum Gasteiger partial charge on any atom is 0.157 e. The molecule has 0 aromatic carbocycles. The molecule has 8 saturated carbocycles. The Bertz CT molecular complexity index is 2040. The van der Waals surface area contributed by atoms with Gasteiger partial charge in [-0.25, -0.2) is 0 Å². The predicted octanol–water partition coefficient (Wildman–Crippen LogP) is 5.02. The molecule has 0 aliphatic heterocycles. The van der Waals surface area contributed by atoms with Crippen molar-refractivity contribution in [3.8, 4) is 0 Å². The molecule has 73 heavy (non-hydrogen) atoms. The smallest absolute Gasteiger partial charge is 0.157 e. The van der Waals surface area contributed by atoms with Gasteiger partial charge in [-0.3, -0.25) is 19.4 Å². The number of aliphatic hydroxyl groups excluding tert-OH is 2. The van der Waals surface area contributed by atoms with Crippen LogP contribution in [-0.4, -0.2) is 161 Å². The van der Waals surface area contributed by atoms with Crippen LogP contribution in [-0.2, 0) is 16.1 Å². The van der Waals surface area contributed by atoms with E-state index < -0.39 is 30.4 Å². The molecule has 5 N–H and O–H groups in total. The molecular weight excluding hydrogens is 963 g/mol. The Balaban J connectivity index is 0.000000183. The number of hydrogen-bond donors (Lipinski definition) is 5. The van der Waals surface area contributed by atoms with Crippen LogP contribution in [0.1, 0.15) is 151 Å². The fourth-order valence-corrected chi connectivity index (χ4v) is 18.4. The number of alkyl halides is 1. The average molecular weight is 1050 g/mol. The number of nitrogens with one attached hydrogen (secondary N) is 1. The van der Waals surface area contributed by atoms with Gasteiger partial charge in [0, 0.05) is 129 Å². The number of H-pyrrole nitrogens is 1. The Morgan fingerprint density at radius 3 is 1.53 bits per heavy atom. The van der Waals surface area contributed by atoms with E-state index >= 15 is 0 Å². The molecule has 8 fully saturated rings. The molecule has 0 bridgehead atoms. The van der Waals surface area contributed by atoms with Crippen molar-refractivity contribution < 1.29 is 30.0 Å². The number of nitrogens with zero attached hydrogens (tertiary/aromatic N) is 3. The normalized spacial score (nSPS) is 40.6. The Hall–Kier alpha value is -1.21. The van der Waals surface area contributed by atoms with Gasteiger partial charge in [-0.15, -0.1) is 0 Å². The van der Waals surface area contributed by atoms with Crippen LogP contribution in [0.5, 0.6) is 0 Å². The highest BCUT2D eigenvalue weighted by Gasteiger charge is 2.65. The van der Waals surface area contributed by atoms with Crippen LogP contribution in [0.25, 0.3) is 0 Å². The summed E-state index contributed by atoms with van der Waals surface area (Å²) in [6, 6.07) is 3.71. The second kappa shape index (κ2) is 24.9. The highest BCUT2D eigenvalue weighted by atomic mass is 79.9. The number of halogens is 1. The lowest BCUT2D eigenvalue weighted by Crippen LogP contribution is -2.63. The molecule has 0 unspecified atom stereocenters. The first-order chi connectivity index (χ1) is 34.1. The van der Waals surface area contributed by atoms with Crippen LogP contribution in [0.4, 0.5) is 0 Å². The van der Waals surface area contributed by atoms with Crippen molar-refractivity contribution in [3.05, 3.63) is 36.9 Å². The minimum absolute atomic E-state index is 0. The molecule has 0 spiro atoms. The molecule has 16 atom stereocenters. The average Bonchev–Trinajstić information content (AvgIpc) is 4.19. The third-order valence-corrected chi connectivity index (χ3v) is 22.2. The topological polar surface area (TPSA) is 162 Å². The van der Waals surface area contributed by atoms with Gasteiger partial charge in [0.25, 0.3) is 0 Å². The molecule has 22 heteroatoms. The summed E-state index contributed by atoms with van der Waals surface area (Å²) in [6.07, 6.45) is 23.8. The molecule has 10 nitrogen and oxygen atoms in total. The zero-order valence-corrected chi connectivity index (χ0v) is 45.6. The SMILES string of the molecule is C.C[C@@]1(O)CC[C@@]2(CO)[C@@H](CC[C@H]3[C@@H]4CC[C@H](C(=O)CBr)[C@@]4(C)CC[C@@H]32)C1.C[C@@]1(O)CC[C@@]2(CO)[C@@H](CC[C@H]3[C@@H]4CC[C@H](C(=O)Cn5cccn5)[C@@]4(C)CC[C@@H]32)C1.[B][B]B([B])B(B([B])[B])B([B])[B].c1cn[nH]c1. The van der Waals surface area contributed by atoms with Crippen molar-refractivity contribution in [3.63, 3.8) is 0 Å². The summed E-state index contributed by atoms with van der Waals surface area (Å²) in [4.78, 5) is 25.8. The van der Waals surface area contributed by atoms with E-state index in [-0.39, 0.29) is 60.5 Å². The number of carbonyl (C=O) groups is 2. The number of aromatic nitrogens is 4. The first kappa shape index (κ1) is 61.0. The van der Waals surface area contributed by atoms with Crippen LogP contribution in [0.2, 0.25) is 0 Å². The zero-order valence-electron chi connectivity index (χ0n) is 44.0. The van der Waals surface area contributed by atoms with Crippen molar-refractivity contribution in [2.24, 2.45) is 80.8 Å². The first-order valence-electron chi connectivity index (χ1n) is 27.6. The van der Waals surface area contributed by atoms with Crippen LogP contribution in [0.15, 0.2) is 36.9 Å². The third kappa shape index (κ3) is 12.3. The molecular formula is C51H81B11BrN4O6. The summed E-state index contributed by atoms with van der Waals surface area (Å²) in [5, 5.41) is 53.4. The molecule has 8 aliphatic carbocycles. The monoisotopic (exact) mass is 1050 g/mol. The van der Waals surface area contributed by atoms with Crippen molar-refractivity contribution in [1.29, 1.82) is 0 Å². The molecule has 13 radical (unpaired) electrons. The van der Waals surface area contributed by atoms with E-state index in [9.17, 15) is 30.0 Å². The number of carbonyl (C=O) groups excluding carboxylic acids is 2. The maximum absolute atomic E-state index is 13.2. The van der Waals surface area contributed by atoms with E-state index in [0.717, 1.165) is 96.3 Å². The lowest BCUT2D eigenvalue weighted by molar-refractivity contribution is -0.171. The van der Waals surface area contributed by atoms with Crippen molar-refractivity contribution in [1.82, 2.24) is 20.0 Å². The summed E-state index contributed by atoms with van der Waals surface area (Å²) in [7, 11) is 33.5. The second-order valence-corrected chi connectivity index (χ2v) is 25.9. The van der Waals surface area contributed by atoms with Gasteiger partial charge in [0.1, 0.15) is 5.78 Å². The zero-order chi connectivity index (χ0) is 52.4. The Kier molecular flexibility index (Phi) is 20.8. The standard InChI is InChI=1S/C25H38N2O3.C22H35BrO3.C3H4N2.CH4.B11/c1-23(30)10-11-25(16-28)17(14-23)4-5-18-19-6-7-21(24(19,2)9-8-20(18)25)22(29)15-27-13-3-12-26-27;1-20(26)9-10-22(13-24)14(11-20)3-4-15-16-5-6-18(19(25)12-23)21(16,2)8-7-17(15)22;1-2-4-5-3-1;;1-7-10(6)11(8(2)3)9(4)5/h3,12-13,17-21,28,30H,4-11,14-16H2,1-2H3;14-18,24,26H,3-13H2,1-2H3;1-3H,(H,4,5);1H4;/t17-,18-,19-,20-,21+,23+,24-,25+;14-,15-,16-,17-,18+,20+,21-,22+;;;/m00.../s1. The van der Waals surface area contributed by atoms with Crippen LogP contribution in [0.3, 0.4) is 0 Å². The summed E-state index contributed by atoms with van der Waals surface area (Å²) in [5.74, 6) is 5.66. The minimum atomic E-state index is -0.648. The fourth-order valence-electron chi connectivity index (χ4n) is 18.0. The van der Waals surface area contributed by atoms with Gasteiger partial charge in [0.05, 0.1) is 23.1 Å². The van der Waals surface area contributed by atoms with Crippen LogP contribution < -0.4 is 0 Å². The Labute approximate surface area is 458 Å². The predicted molar refractivity (Wildman–Crippen MR) is 309 cm³/mol. The van der Waals surface area contributed by atoms with Crippen molar-refractivity contribution >= 4 is 107 Å². The van der Waals surface area contributed by atoms with Crippen LogP contribution >= 0.6 is 15.9 Å². The number of ketones is 2. The largest absolute Gasteiger partial charge is 0.396 e. The van der Waals surface area contributed by atoms with Gasteiger partial charge in [-0.2, -0.15) is 10.2 Å². The van der Waals surface area contributed by atoms with E-state index in [2.05, 4.69) is 45.1 Å². The quantitative estimate of drug-likeness (QED) is 0.155. The summed E-state index contributed by atoms with van der Waals surface area (Å²) >= 11 is 3.40. The number of Topliss-reactive ketones (excluding diaryl/α,β-unsaturated/α-hetero) is 2. The highest BCUT2D eigenvalue weighted by molar-refractivity contribution is 9.09. The number of aliphatic hydroxyl groups is 4. The third-order valence-electron chi connectivity index (χ3n) is 21.6. The molecule has 381 valence electrons. The maximum atomic E-state index is 13.2. The minimum Gasteiger partial charge on any atom is -0.396 e. The summed E-state index contributed by atoms with van der Waals surface area (Å²) in [5.41, 5.74) is -0.866. The number of fused-ring (bicyclic) bond motifs is 10. The van der Waals surface area contributed by atoms with E-state index in [1.807, 2.05) is 32.2 Å². The molecule has 8 aliphatic rings. The lowest BCUT2D eigenvalue weighted by atomic mass is 8.56. The van der Waals surface area contributed by atoms with Gasteiger partial charge in [0.15, 0.2) is 5.78 Å². The molecule has 2 aromatic rings. The first-order valence-corrected chi connectivity index (χ1v) is 28.7. The van der Waals surface area contributed by atoms with Gasteiger partial charge in [-0.05, 0) is 211 Å². The van der Waals surface area contributed by atoms with E-state index in [4.69, 9.17) is 46.4 Å². The van der Waals surface area contributed by atoms with E-state index in [1.165, 1.54) is 26.3 Å². The molecule has 2 aromatic heterocycles. The molecule has 2 heterocycles. The second-order valence-electron chi connectivity index (χ2n) is 25.4. The molecule has 10 rings (SSSR count). The van der Waals surface area contributed by atoms with E-state index in [1.54, 1.807) is 23.3 Å². The van der Waals surface area contributed by atoms with Gasteiger partial charge in [0.2, 0.25) is 0 Å². The van der Waals surface area contributed by atoms with Gasteiger partial charge < -0.3 is 20.4 Å². The number of hydrogen-bond acceptors (Lipinski definition) is 8. The fraction of sp³-hybridized carbons (Fsp3) is 0.843. The van der Waals surface area contributed by atoms with Crippen molar-refractivity contribution in [2.45, 2.75) is 168 Å². The molecule has 0 amide bonds. The van der Waals surface area contributed by atoms with E-state index in [0.29, 0.717) is 70.8 Å². The number of rotatable bonds is 11. The summed E-state index contributed by atoms with van der Waals surface area (Å²) in [6.45, 7) is 9.66. The Morgan fingerprint density at radius 2 is 1.18 bits per heavy atom.